The number of halogens is 1. The summed E-state index contributed by atoms with van der Waals surface area (Å²) < 4.78 is 7.19. The first-order valence-electron chi connectivity index (χ1n) is 9.72. The van der Waals surface area contributed by atoms with Crippen molar-refractivity contribution in [2.45, 2.75) is 13.5 Å². The zero-order chi connectivity index (χ0) is 20.9. The van der Waals surface area contributed by atoms with Gasteiger partial charge in [-0.1, -0.05) is 88.2 Å². The standard InChI is InChI=1S/C27H20BrNO/c1-19-6-8-20(9-7-19)18-30-27-15-12-22-4-2-3-5-25(22)26(27)16-23(17-29)21-10-13-24(28)14-11-21/h2-16H,18H2,1H3/b23-16+. The number of nitriles is 1. The molecule has 0 radical (unpaired) electrons. The van der Waals surface area contributed by atoms with Crippen LogP contribution in [0, 0.1) is 18.3 Å². The van der Waals surface area contributed by atoms with Crippen LogP contribution in [0.1, 0.15) is 22.3 Å². The summed E-state index contributed by atoms with van der Waals surface area (Å²) in [6.45, 7) is 2.54. The van der Waals surface area contributed by atoms with Crippen LogP contribution in [-0.4, -0.2) is 0 Å². The van der Waals surface area contributed by atoms with Gasteiger partial charge in [-0.3, -0.25) is 0 Å². The van der Waals surface area contributed by atoms with Gasteiger partial charge in [-0.05, 0) is 53.1 Å². The maximum absolute atomic E-state index is 9.84. The van der Waals surface area contributed by atoms with Crippen LogP contribution < -0.4 is 4.74 Å². The van der Waals surface area contributed by atoms with Crippen molar-refractivity contribution in [2.24, 2.45) is 0 Å². The Morgan fingerprint density at radius 2 is 1.67 bits per heavy atom. The van der Waals surface area contributed by atoms with E-state index in [1.54, 1.807) is 0 Å². The van der Waals surface area contributed by atoms with Crippen LogP contribution in [0.25, 0.3) is 22.4 Å². The second-order valence-corrected chi connectivity index (χ2v) is 8.07. The third-order valence-electron chi connectivity index (χ3n) is 5.01. The van der Waals surface area contributed by atoms with Gasteiger partial charge in [0.25, 0.3) is 0 Å². The van der Waals surface area contributed by atoms with Gasteiger partial charge in [0.05, 0.1) is 11.6 Å². The molecular weight excluding hydrogens is 434 g/mol. The second-order valence-electron chi connectivity index (χ2n) is 7.15. The third kappa shape index (κ3) is 4.45. The highest BCUT2D eigenvalue weighted by Crippen LogP contribution is 2.32. The van der Waals surface area contributed by atoms with E-state index in [0.717, 1.165) is 37.7 Å². The van der Waals surface area contributed by atoms with Gasteiger partial charge in [-0.15, -0.1) is 0 Å². The highest BCUT2D eigenvalue weighted by molar-refractivity contribution is 9.10. The molecule has 4 aromatic rings. The average molecular weight is 454 g/mol. The minimum absolute atomic E-state index is 0.472. The van der Waals surface area contributed by atoms with Gasteiger partial charge < -0.3 is 4.74 Å². The van der Waals surface area contributed by atoms with Gasteiger partial charge in [-0.25, -0.2) is 0 Å². The van der Waals surface area contributed by atoms with E-state index in [9.17, 15) is 5.26 Å². The lowest BCUT2D eigenvalue weighted by Gasteiger charge is -2.13. The van der Waals surface area contributed by atoms with E-state index in [4.69, 9.17) is 4.74 Å². The van der Waals surface area contributed by atoms with Crippen LogP contribution in [0.3, 0.4) is 0 Å². The number of nitrogens with zero attached hydrogens (tertiary/aromatic N) is 1. The predicted octanol–water partition coefficient (Wildman–Crippen LogP) is 7.55. The Balaban J connectivity index is 1.77. The monoisotopic (exact) mass is 453 g/mol. The van der Waals surface area contributed by atoms with E-state index in [1.807, 2.05) is 48.5 Å². The number of hydrogen-bond donors (Lipinski definition) is 0. The summed E-state index contributed by atoms with van der Waals surface area (Å²) in [7, 11) is 0. The SMILES string of the molecule is Cc1ccc(COc2ccc3ccccc3c2/C=C(\C#N)c2ccc(Br)cc2)cc1. The molecule has 0 amide bonds. The number of fused-ring (bicyclic) bond motifs is 1. The molecule has 0 bridgehead atoms. The van der Waals surface area contributed by atoms with Crippen molar-refractivity contribution in [3.8, 4) is 11.8 Å². The molecule has 0 aromatic heterocycles. The van der Waals surface area contributed by atoms with Crippen molar-refractivity contribution in [1.82, 2.24) is 0 Å². The lowest BCUT2D eigenvalue weighted by Crippen LogP contribution is -1.98. The molecule has 0 aliphatic rings. The summed E-state index contributed by atoms with van der Waals surface area (Å²) in [6, 6.07) is 30.6. The summed E-state index contributed by atoms with van der Waals surface area (Å²) in [5, 5.41) is 12.0. The summed E-state index contributed by atoms with van der Waals surface area (Å²) >= 11 is 3.45. The minimum Gasteiger partial charge on any atom is -0.488 e. The number of hydrogen-bond acceptors (Lipinski definition) is 2. The Kier molecular flexibility index (Phi) is 5.97. The van der Waals surface area contributed by atoms with Crippen molar-refractivity contribution in [2.75, 3.05) is 0 Å². The number of benzene rings is 4. The van der Waals surface area contributed by atoms with Gasteiger partial charge >= 0.3 is 0 Å². The molecule has 4 rings (SSSR count). The molecule has 0 fully saturated rings. The van der Waals surface area contributed by atoms with E-state index >= 15 is 0 Å². The van der Waals surface area contributed by atoms with Crippen LogP contribution in [0.15, 0.2) is 89.4 Å². The Morgan fingerprint density at radius 3 is 2.40 bits per heavy atom. The second kappa shape index (κ2) is 8.98. The van der Waals surface area contributed by atoms with Crippen molar-refractivity contribution in [3.05, 3.63) is 112 Å². The molecular formula is C27H20BrNO. The van der Waals surface area contributed by atoms with E-state index in [-0.39, 0.29) is 0 Å². The van der Waals surface area contributed by atoms with Crippen molar-refractivity contribution in [1.29, 1.82) is 5.26 Å². The first-order chi connectivity index (χ1) is 14.6. The molecule has 2 nitrogen and oxygen atoms in total. The molecule has 0 spiro atoms. The molecule has 3 heteroatoms. The zero-order valence-corrected chi connectivity index (χ0v) is 18.2. The van der Waals surface area contributed by atoms with E-state index in [1.165, 1.54) is 5.56 Å². The first kappa shape index (κ1) is 19.9. The molecule has 0 aliphatic heterocycles. The molecule has 0 saturated carbocycles. The number of allylic oxidation sites excluding steroid dienone is 1. The quantitative estimate of drug-likeness (QED) is 0.230. The van der Waals surface area contributed by atoms with Crippen molar-refractivity contribution >= 4 is 38.4 Å². The number of ether oxygens (including phenoxy) is 1. The average Bonchev–Trinajstić information content (AvgIpc) is 2.78. The first-order valence-corrected chi connectivity index (χ1v) is 10.5. The van der Waals surface area contributed by atoms with Crippen LogP contribution in [0.4, 0.5) is 0 Å². The van der Waals surface area contributed by atoms with E-state index in [2.05, 4.69) is 71.4 Å². The van der Waals surface area contributed by atoms with Crippen LogP contribution in [-0.2, 0) is 6.61 Å². The smallest absolute Gasteiger partial charge is 0.127 e. The van der Waals surface area contributed by atoms with Crippen LogP contribution in [0.5, 0.6) is 5.75 Å². The number of rotatable bonds is 5. The highest BCUT2D eigenvalue weighted by atomic mass is 79.9. The normalized spacial score (nSPS) is 11.3. The Hall–Kier alpha value is -3.35. The molecule has 0 atom stereocenters. The van der Waals surface area contributed by atoms with Crippen molar-refractivity contribution in [3.63, 3.8) is 0 Å². The fraction of sp³-hybridized carbons (Fsp3) is 0.0741. The van der Waals surface area contributed by atoms with E-state index in [0.29, 0.717) is 12.2 Å². The topological polar surface area (TPSA) is 33.0 Å². The molecule has 0 N–H and O–H groups in total. The fourth-order valence-corrected chi connectivity index (χ4v) is 3.61. The van der Waals surface area contributed by atoms with Crippen molar-refractivity contribution < 1.29 is 4.74 Å². The van der Waals surface area contributed by atoms with E-state index < -0.39 is 0 Å². The van der Waals surface area contributed by atoms with Gasteiger partial charge in [0, 0.05) is 10.0 Å². The Morgan fingerprint density at radius 1 is 0.933 bits per heavy atom. The predicted molar refractivity (Wildman–Crippen MR) is 127 cm³/mol. The van der Waals surface area contributed by atoms with Gasteiger partial charge in [0.2, 0.25) is 0 Å². The zero-order valence-electron chi connectivity index (χ0n) is 16.6. The third-order valence-corrected chi connectivity index (χ3v) is 5.54. The lowest BCUT2D eigenvalue weighted by atomic mass is 9.98. The maximum atomic E-state index is 9.84. The van der Waals surface area contributed by atoms with Crippen LogP contribution in [0.2, 0.25) is 0 Å². The molecule has 4 aromatic carbocycles. The molecule has 0 heterocycles. The van der Waals surface area contributed by atoms with Gasteiger partial charge in [0.1, 0.15) is 12.4 Å². The summed E-state index contributed by atoms with van der Waals surface area (Å²) in [4.78, 5) is 0. The lowest BCUT2D eigenvalue weighted by molar-refractivity contribution is 0.306. The minimum atomic E-state index is 0.472. The van der Waals surface area contributed by atoms with Crippen LogP contribution >= 0.6 is 15.9 Å². The summed E-state index contributed by atoms with van der Waals surface area (Å²) in [5.74, 6) is 0.763. The Labute approximate surface area is 185 Å². The van der Waals surface area contributed by atoms with Gasteiger partial charge in [-0.2, -0.15) is 5.26 Å². The van der Waals surface area contributed by atoms with Gasteiger partial charge in [0.15, 0.2) is 0 Å². The Bertz CT molecular complexity index is 1250. The number of aryl methyl sites for hydroxylation is 1. The fourth-order valence-electron chi connectivity index (χ4n) is 3.35. The summed E-state index contributed by atoms with van der Waals surface area (Å²) in [5.41, 5.74) is 4.72. The molecule has 0 unspecified atom stereocenters. The molecule has 0 aliphatic carbocycles. The highest BCUT2D eigenvalue weighted by Gasteiger charge is 2.10. The summed E-state index contributed by atoms with van der Waals surface area (Å²) in [6.07, 6.45) is 1.93. The largest absolute Gasteiger partial charge is 0.488 e. The maximum Gasteiger partial charge on any atom is 0.127 e. The molecule has 0 saturated heterocycles. The molecule has 146 valence electrons. The molecule has 30 heavy (non-hydrogen) atoms.